The number of fused-ring (bicyclic) bond motifs is 1. The molecule has 1 atom stereocenters. The third kappa shape index (κ3) is 4.16. The topological polar surface area (TPSA) is 84.6 Å². The number of rotatable bonds is 6. The number of aromatic nitrogens is 4. The van der Waals surface area contributed by atoms with E-state index in [1.807, 2.05) is 29.9 Å². The number of pyridine rings is 1. The molecule has 7 heteroatoms. The number of ether oxygens (including phenoxy) is 1. The van der Waals surface area contributed by atoms with Crippen LogP contribution in [0.3, 0.4) is 0 Å². The molecule has 1 aliphatic rings. The fraction of sp³-hybridized carbons (Fsp3) is 0.435. The molecule has 0 unspecified atom stereocenters. The average Bonchev–Trinajstić information content (AvgIpc) is 3.13. The molecular weight excluding hydrogens is 378 g/mol. The molecule has 3 heterocycles. The Balaban J connectivity index is 1.79. The monoisotopic (exact) mass is 405 g/mol. The van der Waals surface area contributed by atoms with Gasteiger partial charge in [-0.3, -0.25) is 4.98 Å². The Bertz CT molecular complexity index is 1060. The van der Waals surface area contributed by atoms with E-state index in [1.165, 1.54) is 0 Å². The Kier molecular flexibility index (Phi) is 5.98. The number of aliphatic hydroxyl groups excluding tert-OH is 1. The summed E-state index contributed by atoms with van der Waals surface area (Å²) in [5.74, 6) is 3.54. The van der Waals surface area contributed by atoms with Crippen LogP contribution in [0.2, 0.25) is 0 Å². The SMILES string of the molecule is C#Cc1cncc(-c2cc(C3CCC(O)CC3)n3nc(N[C@@H](C)COC)ncc23)c1. The van der Waals surface area contributed by atoms with Crippen molar-refractivity contribution in [3.8, 4) is 23.5 Å². The molecule has 0 bridgehead atoms. The van der Waals surface area contributed by atoms with Crippen molar-refractivity contribution in [2.75, 3.05) is 19.0 Å². The van der Waals surface area contributed by atoms with Crippen molar-refractivity contribution in [3.63, 3.8) is 0 Å². The molecule has 0 saturated heterocycles. The minimum absolute atomic E-state index is 0.0901. The summed E-state index contributed by atoms with van der Waals surface area (Å²) in [4.78, 5) is 8.82. The smallest absolute Gasteiger partial charge is 0.241 e. The molecule has 0 aromatic carbocycles. The van der Waals surface area contributed by atoms with Gasteiger partial charge in [-0.05, 0) is 44.7 Å². The van der Waals surface area contributed by atoms with Gasteiger partial charge in [0.1, 0.15) is 0 Å². The second kappa shape index (κ2) is 8.82. The lowest BCUT2D eigenvalue weighted by molar-refractivity contribution is 0.121. The van der Waals surface area contributed by atoms with E-state index in [4.69, 9.17) is 16.3 Å². The van der Waals surface area contributed by atoms with Gasteiger partial charge in [0.05, 0.1) is 24.4 Å². The van der Waals surface area contributed by atoms with E-state index in [-0.39, 0.29) is 12.1 Å². The number of aliphatic hydroxyl groups is 1. The molecule has 156 valence electrons. The van der Waals surface area contributed by atoms with Crippen molar-refractivity contribution in [1.82, 2.24) is 19.6 Å². The lowest BCUT2D eigenvalue weighted by atomic mass is 9.85. The molecular formula is C23H27N5O2. The molecule has 0 aliphatic heterocycles. The summed E-state index contributed by atoms with van der Waals surface area (Å²) in [6.07, 6.45) is 14.2. The van der Waals surface area contributed by atoms with Gasteiger partial charge in [-0.2, -0.15) is 0 Å². The van der Waals surface area contributed by atoms with Crippen LogP contribution in [0.25, 0.3) is 16.6 Å². The van der Waals surface area contributed by atoms with Gasteiger partial charge in [-0.1, -0.05) is 5.92 Å². The number of hydrogen-bond donors (Lipinski definition) is 2. The highest BCUT2D eigenvalue weighted by molar-refractivity contribution is 5.81. The van der Waals surface area contributed by atoms with E-state index in [2.05, 4.69) is 27.3 Å². The van der Waals surface area contributed by atoms with Gasteiger partial charge >= 0.3 is 0 Å². The van der Waals surface area contributed by atoms with Crippen LogP contribution in [-0.2, 0) is 4.74 Å². The number of hydrogen-bond acceptors (Lipinski definition) is 6. The van der Waals surface area contributed by atoms with Crippen molar-refractivity contribution in [2.45, 2.75) is 50.7 Å². The number of methoxy groups -OCH3 is 1. The fourth-order valence-electron chi connectivity index (χ4n) is 4.15. The van der Waals surface area contributed by atoms with Gasteiger partial charge in [-0.15, -0.1) is 11.5 Å². The maximum Gasteiger partial charge on any atom is 0.241 e. The Labute approximate surface area is 176 Å². The Hall–Kier alpha value is -2.95. The molecule has 0 amide bonds. The van der Waals surface area contributed by atoms with E-state index >= 15 is 0 Å². The minimum Gasteiger partial charge on any atom is -0.393 e. The standard InChI is InChI=1S/C23H27N5O2/c1-4-16-9-18(12-24-11-16)20-10-21(17-5-7-19(29)8-6-17)28-22(20)13-25-23(27-28)26-15(2)14-30-3/h1,9-13,15,17,19,29H,5-8,14H2,2-3H3,(H,26,27)/t15-,17?,19?/m0/s1. The molecule has 1 aliphatic carbocycles. The van der Waals surface area contributed by atoms with Crippen LogP contribution in [0.4, 0.5) is 5.95 Å². The Morgan fingerprint density at radius 2 is 2.07 bits per heavy atom. The summed E-state index contributed by atoms with van der Waals surface area (Å²) in [5, 5.41) is 18.0. The van der Waals surface area contributed by atoms with Crippen LogP contribution in [0, 0.1) is 12.3 Å². The number of nitrogens with one attached hydrogen (secondary N) is 1. The number of nitrogens with zero attached hydrogens (tertiary/aromatic N) is 4. The normalized spacial score (nSPS) is 20.1. The molecule has 1 fully saturated rings. The van der Waals surface area contributed by atoms with Crippen molar-refractivity contribution >= 4 is 11.5 Å². The minimum atomic E-state index is -0.204. The Morgan fingerprint density at radius 3 is 2.80 bits per heavy atom. The first-order chi connectivity index (χ1) is 14.6. The lowest BCUT2D eigenvalue weighted by Gasteiger charge is -2.25. The van der Waals surface area contributed by atoms with Crippen LogP contribution < -0.4 is 5.32 Å². The van der Waals surface area contributed by atoms with Gasteiger partial charge in [0.15, 0.2) is 0 Å². The highest BCUT2D eigenvalue weighted by Gasteiger charge is 2.25. The first-order valence-corrected chi connectivity index (χ1v) is 10.3. The molecule has 30 heavy (non-hydrogen) atoms. The summed E-state index contributed by atoms with van der Waals surface area (Å²) in [7, 11) is 1.68. The molecule has 0 radical (unpaired) electrons. The number of anilines is 1. The van der Waals surface area contributed by atoms with Gasteiger partial charge in [0, 0.05) is 53.8 Å². The maximum atomic E-state index is 9.94. The van der Waals surface area contributed by atoms with Gasteiger partial charge in [0.2, 0.25) is 5.95 Å². The van der Waals surface area contributed by atoms with Crippen LogP contribution in [0.1, 0.15) is 49.8 Å². The summed E-state index contributed by atoms with van der Waals surface area (Å²) in [6, 6.07) is 4.22. The summed E-state index contributed by atoms with van der Waals surface area (Å²) in [5.41, 5.74) is 4.74. The van der Waals surface area contributed by atoms with E-state index < -0.39 is 0 Å². The van der Waals surface area contributed by atoms with Crippen LogP contribution in [0.15, 0.2) is 30.7 Å². The maximum absolute atomic E-state index is 9.94. The second-order valence-electron chi connectivity index (χ2n) is 7.97. The van der Waals surface area contributed by atoms with Gasteiger partial charge in [-0.25, -0.2) is 9.50 Å². The van der Waals surface area contributed by atoms with Crippen molar-refractivity contribution in [1.29, 1.82) is 0 Å². The molecule has 0 spiro atoms. The van der Waals surface area contributed by atoms with Crippen molar-refractivity contribution < 1.29 is 9.84 Å². The molecule has 3 aromatic heterocycles. The molecule has 7 nitrogen and oxygen atoms in total. The second-order valence-corrected chi connectivity index (χ2v) is 7.97. The highest BCUT2D eigenvalue weighted by Crippen LogP contribution is 2.37. The summed E-state index contributed by atoms with van der Waals surface area (Å²) >= 11 is 0. The molecule has 1 saturated carbocycles. The van der Waals surface area contributed by atoms with Crippen LogP contribution in [0.5, 0.6) is 0 Å². The van der Waals surface area contributed by atoms with Crippen LogP contribution in [-0.4, -0.2) is 50.6 Å². The highest BCUT2D eigenvalue weighted by atomic mass is 16.5. The lowest BCUT2D eigenvalue weighted by Crippen LogP contribution is -2.23. The zero-order chi connectivity index (χ0) is 21.1. The zero-order valence-corrected chi connectivity index (χ0v) is 17.4. The quantitative estimate of drug-likeness (QED) is 0.613. The third-order valence-corrected chi connectivity index (χ3v) is 5.67. The Morgan fingerprint density at radius 1 is 1.27 bits per heavy atom. The average molecular weight is 406 g/mol. The molecule has 2 N–H and O–H groups in total. The predicted molar refractivity (Wildman–Crippen MR) is 116 cm³/mol. The van der Waals surface area contributed by atoms with E-state index in [0.29, 0.717) is 18.5 Å². The van der Waals surface area contributed by atoms with Crippen LogP contribution >= 0.6 is 0 Å². The van der Waals surface area contributed by atoms with E-state index in [9.17, 15) is 5.11 Å². The van der Waals surface area contributed by atoms with Crippen molar-refractivity contribution in [3.05, 3.63) is 42.0 Å². The van der Waals surface area contributed by atoms with Crippen molar-refractivity contribution in [2.24, 2.45) is 0 Å². The van der Waals surface area contributed by atoms with E-state index in [0.717, 1.165) is 53.6 Å². The fourth-order valence-corrected chi connectivity index (χ4v) is 4.15. The zero-order valence-electron chi connectivity index (χ0n) is 17.4. The number of terminal acetylenes is 1. The third-order valence-electron chi connectivity index (χ3n) is 5.67. The first kappa shape index (κ1) is 20.3. The summed E-state index contributed by atoms with van der Waals surface area (Å²) < 4.78 is 7.19. The van der Waals surface area contributed by atoms with Gasteiger partial charge in [0.25, 0.3) is 0 Å². The van der Waals surface area contributed by atoms with E-state index in [1.54, 1.807) is 13.3 Å². The molecule has 4 rings (SSSR count). The predicted octanol–water partition coefficient (Wildman–Crippen LogP) is 3.24. The summed E-state index contributed by atoms with van der Waals surface area (Å²) in [6.45, 7) is 2.59. The first-order valence-electron chi connectivity index (χ1n) is 10.3. The molecule has 3 aromatic rings. The largest absolute Gasteiger partial charge is 0.393 e. The van der Waals surface area contributed by atoms with Gasteiger partial charge < -0.3 is 15.2 Å².